The first kappa shape index (κ1) is 21.0. The average molecular weight is 407 g/mol. The van der Waals surface area contributed by atoms with Crippen LogP contribution in [-0.4, -0.2) is 52.5 Å². The molecule has 1 aromatic heterocycles. The molecule has 0 bridgehead atoms. The van der Waals surface area contributed by atoms with E-state index in [1.165, 1.54) is 4.80 Å². The summed E-state index contributed by atoms with van der Waals surface area (Å²) in [6, 6.07) is 15.3. The van der Waals surface area contributed by atoms with E-state index in [1.807, 2.05) is 48.5 Å². The third kappa shape index (κ3) is 5.19. The van der Waals surface area contributed by atoms with Crippen molar-refractivity contribution in [2.75, 3.05) is 25.1 Å². The first-order chi connectivity index (χ1) is 14.6. The molecule has 9 nitrogen and oxygen atoms in total. The maximum absolute atomic E-state index is 12.1. The van der Waals surface area contributed by atoms with E-state index in [9.17, 15) is 4.79 Å². The Bertz CT molecular complexity index is 998. The number of amides is 1. The standard InChI is InChI=1S/C21H25N7O2/c1-4-27(5-2)18-12-11-17(19(13-18)30-3)14-22-23-20(29)15-28-25-21(24-26-28)16-9-7-6-8-10-16/h6-14H,4-5,15H2,1-3H3,(H,23,29)/b22-14-. The number of tetrazole rings is 1. The summed E-state index contributed by atoms with van der Waals surface area (Å²) in [4.78, 5) is 15.6. The molecule has 1 N–H and O–H groups in total. The van der Waals surface area contributed by atoms with Crippen LogP contribution in [0, 0.1) is 0 Å². The van der Waals surface area contributed by atoms with Crippen LogP contribution in [-0.2, 0) is 11.3 Å². The molecule has 9 heteroatoms. The summed E-state index contributed by atoms with van der Waals surface area (Å²) in [7, 11) is 1.61. The summed E-state index contributed by atoms with van der Waals surface area (Å²) < 4.78 is 5.46. The van der Waals surface area contributed by atoms with Gasteiger partial charge in [0.25, 0.3) is 5.91 Å². The second-order valence-corrected chi connectivity index (χ2v) is 6.40. The number of carbonyl (C=O) groups is 1. The molecule has 0 spiro atoms. The van der Waals surface area contributed by atoms with Crippen molar-refractivity contribution in [1.82, 2.24) is 25.6 Å². The number of methoxy groups -OCH3 is 1. The molecule has 0 radical (unpaired) electrons. The normalized spacial score (nSPS) is 10.9. The quantitative estimate of drug-likeness (QED) is 0.432. The van der Waals surface area contributed by atoms with Crippen LogP contribution in [0.15, 0.2) is 53.6 Å². The summed E-state index contributed by atoms with van der Waals surface area (Å²) in [6.07, 6.45) is 1.55. The first-order valence-corrected chi connectivity index (χ1v) is 9.72. The summed E-state index contributed by atoms with van der Waals surface area (Å²) in [6.45, 7) is 5.94. The van der Waals surface area contributed by atoms with E-state index >= 15 is 0 Å². The molecular weight excluding hydrogens is 382 g/mol. The van der Waals surface area contributed by atoms with Gasteiger partial charge in [-0.3, -0.25) is 4.79 Å². The molecular formula is C21H25N7O2. The first-order valence-electron chi connectivity index (χ1n) is 9.72. The van der Waals surface area contributed by atoms with Gasteiger partial charge in [0.1, 0.15) is 12.3 Å². The van der Waals surface area contributed by atoms with Crippen molar-refractivity contribution in [2.45, 2.75) is 20.4 Å². The third-order valence-corrected chi connectivity index (χ3v) is 4.51. The summed E-state index contributed by atoms with van der Waals surface area (Å²) >= 11 is 0. The Kier molecular flexibility index (Phi) is 7.09. The van der Waals surface area contributed by atoms with Gasteiger partial charge >= 0.3 is 0 Å². The van der Waals surface area contributed by atoms with Crippen molar-refractivity contribution in [1.29, 1.82) is 0 Å². The van der Waals surface area contributed by atoms with Crippen LogP contribution in [0.5, 0.6) is 5.75 Å². The number of carbonyl (C=O) groups excluding carboxylic acids is 1. The lowest BCUT2D eigenvalue weighted by Crippen LogP contribution is -2.24. The Morgan fingerprint density at radius 2 is 1.97 bits per heavy atom. The summed E-state index contributed by atoms with van der Waals surface area (Å²) in [5, 5.41) is 16.1. The van der Waals surface area contributed by atoms with Crippen LogP contribution in [0.3, 0.4) is 0 Å². The van der Waals surface area contributed by atoms with Crippen molar-refractivity contribution >= 4 is 17.8 Å². The van der Waals surface area contributed by atoms with E-state index in [1.54, 1.807) is 13.3 Å². The number of benzene rings is 2. The molecule has 0 aliphatic carbocycles. The molecule has 0 atom stereocenters. The second-order valence-electron chi connectivity index (χ2n) is 6.40. The largest absolute Gasteiger partial charge is 0.496 e. The molecule has 3 aromatic rings. The Morgan fingerprint density at radius 3 is 2.67 bits per heavy atom. The molecule has 1 amide bonds. The zero-order chi connectivity index (χ0) is 21.3. The highest BCUT2D eigenvalue weighted by molar-refractivity contribution is 5.86. The fraction of sp³-hybridized carbons (Fsp3) is 0.286. The van der Waals surface area contributed by atoms with E-state index in [2.05, 4.69) is 44.7 Å². The number of nitrogens with zero attached hydrogens (tertiary/aromatic N) is 6. The molecule has 2 aromatic carbocycles. The van der Waals surface area contributed by atoms with Gasteiger partial charge in [0, 0.05) is 36.0 Å². The Balaban J connectivity index is 1.60. The van der Waals surface area contributed by atoms with E-state index in [-0.39, 0.29) is 12.5 Å². The monoisotopic (exact) mass is 407 g/mol. The number of hydrogen-bond acceptors (Lipinski definition) is 7. The molecule has 0 unspecified atom stereocenters. The Labute approximate surface area is 175 Å². The van der Waals surface area contributed by atoms with Crippen LogP contribution in [0.1, 0.15) is 19.4 Å². The van der Waals surface area contributed by atoms with Gasteiger partial charge in [0.2, 0.25) is 5.82 Å². The van der Waals surface area contributed by atoms with Gasteiger partial charge < -0.3 is 9.64 Å². The van der Waals surface area contributed by atoms with Crippen LogP contribution in [0.4, 0.5) is 5.69 Å². The van der Waals surface area contributed by atoms with Crippen molar-refractivity contribution in [3.05, 3.63) is 54.1 Å². The highest BCUT2D eigenvalue weighted by atomic mass is 16.5. The van der Waals surface area contributed by atoms with Gasteiger partial charge in [0.05, 0.1) is 13.3 Å². The maximum Gasteiger partial charge on any atom is 0.263 e. The number of hydrazone groups is 1. The number of ether oxygens (including phenoxy) is 1. The number of nitrogens with one attached hydrogen (secondary N) is 1. The smallest absolute Gasteiger partial charge is 0.263 e. The van der Waals surface area contributed by atoms with Crippen molar-refractivity contribution < 1.29 is 9.53 Å². The van der Waals surface area contributed by atoms with E-state index in [4.69, 9.17) is 4.74 Å². The minimum Gasteiger partial charge on any atom is -0.496 e. The highest BCUT2D eigenvalue weighted by Gasteiger charge is 2.09. The molecule has 0 aliphatic heterocycles. The zero-order valence-electron chi connectivity index (χ0n) is 17.3. The number of hydrogen-bond donors (Lipinski definition) is 1. The minimum atomic E-state index is -0.359. The predicted octanol–water partition coefficient (Wildman–Crippen LogP) is 2.35. The van der Waals surface area contributed by atoms with Gasteiger partial charge in [-0.15, -0.1) is 10.2 Å². The van der Waals surface area contributed by atoms with Gasteiger partial charge in [-0.05, 0) is 31.2 Å². The third-order valence-electron chi connectivity index (χ3n) is 4.51. The molecule has 0 aliphatic rings. The molecule has 0 saturated carbocycles. The van der Waals surface area contributed by atoms with E-state index < -0.39 is 0 Å². The molecule has 1 heterocycles. The van der Waals surface area contributed by atoms with Gasteiger partial charge in [-0.25, -0.2) is 5.43 Å². The predicted molar refractivity (Wildman–Crippen MR) is 116 cm³/mol. The van der Waals surface area contributed by atoms with Gasteiger partial charge in [-0.1, -0.05) is 30.3 Å². The summed E-state index contributed by atoms with van der Waals surface area (Å²) in [5.41, 5.74) is 5.15. The lowest BCUT2D eigenvalue weighted by Gasteiger charge is -2.21. The average Bonchev–Trinajstić information content (AvgIpc) is 3.24. The second kappa shape index (κ2) is 10.1. The number of anilines is 1. The Morgan fingerprint density at radius 1 is 1.20 bits per heavy atom. The van der Waals surface area contributed by atoms with Crippen LogP contribution in [0.2, 0.25) is 0 Å². The minimum absolute atomic E-state index is 0.0881. The molecule has 0 fully saturated rings. The molecule has 3 rings (SSSR count). The van der Waals surface area contributed by atoms with Crippen molar-refractivity contribution in [3.63, 3.8) is 0 Å². The topological polar surface area (TPSA) is 97.5 Å². The van der Waals surface area contributed by atoms with Crippen molar-refractivity contribution in [3.8, 4) is 17.1 Å². The zero-order valence-corrected chi connectivity index (χ0v) is 17.3. The highest BCUT2D eigenvalue weighted by Crippen LogP contribution is 2.24. The molecule has 30 heavy (non-hydrogen) atoms. The maximum atomic E-state index is 12.1. The lowest BCUT2D eigenvalue weighted by atomic mass is 10.2. The van der Waals surface area contributed by atoms with Gasteiger partial charge in [0.15, 0.2) is 0 Å². The number of aromatic nitrogens is 4. The summed E-state index contributed by atoms with van der Waals surface area (Å²) in [5.74, 6) is 0.787. The SMILES string of the molecule is CCN(CC)c1ccc(/C=N\NC(=O)Cn2nnc(-c3ccccc3)n2)c(OC)c1. The van der Waals surface area contributed by atoms with Gasteiger partial charge in [-0.2, -0.15) is 9.90 Å². The molecule has 156 valence electrons. The Hall–Kier alpha value is -3.75. The fourth-order valence-corrected chi connectivity index (χ4v) is 2.94. The van der Waals surface area contributed by atoms with Crippen molar-refractivity contribution in [2.24, 2.45) is 5.10 Å². The van der Waals surface area contributed by atoms with E-state index in [0.717, 1.165) is 29.9 Å². The number of rotatable bonds is 9. The van der Waals surface area contributed by atoms with Crippen LogP contribution >= 0.6 is 0 Å². The van der Waals surface area contributed by atoms with E-state index in [0.29, 0.717) is 11.6 Å². The van der Waals surface area contributed by atoms with Crippen LogP contribution < -0.4 is 15.1 Å². The lowest BCUT2D eigenvalue weighted by molar-refractivity contribution is -0.122. The fourth-order valence-electron chi connectivity index (χ4n) is 2.94. The molecule has 0 saturated heterocycles. The van der Waals surface area contributed by atoms with Crippen LogP contribution in [0.25, 0.3) is 11.4 Å².